The van der Waals surface area contributed by atoms with E-state index in [0.29, 0.717) is 0 Å². The van der Waals surface area contributed by atoms with Crippen molar-refractivity contribution < 1.29 is 25.8 Å². The van der Waals surface area contributed by atoms with Gasteiger partial charge >= 0.3 is 0 Å². The summed E-state index contributed by atoms with van der Waals surface area (Å²) in [5.74, 6) is 0. The Hall–Kier alpha value is -0.890. The van der Waals surface area contributed by atoms with Crippen molar-refractivity contribution in [3.63, 3.8) is 0 Å². The summed E-state index contributed by atoms with van der Waals surface area (Å²) in [7, 11) is 0. The van der Waals surface area contributed by atoms with Crippen LogP contribution in [-0.4, -0.2) is 0 Å². The Morgan fingerprint density at radius 3 is 1.29 bits per heavy atom. The van der Waals surface area contributed by atoms with E-state index in [2.05, 4.69) is 5.32 Å². The van der Waals surface area contributed by atoms with Gasteiger partial charge in [-0.05, 0) is 0 Å². The largest absolute Gasteiger partial charge is 0.658 e. The quantitative estimate of drug-likeness (QED) is 0.729. The SMILES string of the molecule is [Hf].c1ccc([N-]c2ccccc2)cc1. The molecule has 0 aliphatic rings. The van der Waals surface area contributed by atoms with Crippen molar-refractivity contribution in [2.75, 3.05) is 0 Å². The fraction of sp³-hybridized carbons (Fsp3) is 0. The third kappa shape index (κ3) is 3.11. The van der Waals surface area contributed by atoms with Gasteiger partial charge < -0.3 is 5.32 Å². The molecule has 0 heterocycles. The van der Waals surface area contributed by atoms with Crippen molar-refractivity contribution in [3.8, 4) is 0 Å². The molecule has 0 aromatic heterocycles. The summed E-state index contributed by atoms with van der Waals surface area (Å²) in [5.41, 5.74) is 1.99. The van der Waals surface area contributed by atoms with Gasteiger partial charge in [0.2, 0.25) is 0 Å². The maximum atomic E-state index is 4.44. The zero-order valence-electron chi connectivity index (χ0n) is 7.72. The van der Waals surface area contributed by atoms with E-state index in [1.807, 2.05) is 60.7 Å². The van der Waals surface area contributed by atoms with Gasteiger partial charge in [-0.15, -0.1) is 11.4 Å². The Bertz CT molecular complexity index is 321. The topological polar surface area (TPSA) is 14.1 Å². The predicted octanol–water partition coefficient (Wildman–Crippen LogP) is 4.02. The number of benzene rings is 2. The van der Waals surface area contributed by atoms with Gasteiger partial charge in [0.05, 0.1) is 0 Å². The van der Waals surface area contributed by atoms with Crippen LogP contribution in [0.3, 0.4) is 0 Å². The molecular weight excluding hydrogens is 337 g/mol. The molecule has 1 nitrogen and oxygen atoms in total. The second-order valence-corrected chi connectivity index (χ2v) is 2.78. The van der Waals surface area contributed by atoms with E-state index in [1.165, 1.54) is 0 Å². The van der Waals surface area contributed by atoms with E-state index in [0.717, 1.165) is 11.4 Å². The predicted molar refractivity (Wildman–Crippen MR) is 55.6 cm³/mol. The van der Waals surface area contributed by atoms with E-state index >= 15 is 0 Å². The second-order valence-electron chi connectivity index (χ2n) is 2.78. The van der Waals surface area contributed by atoms with Crippen molar-refractivity contribution in [1.29, 1.82) is 0 Å². The molecule has 0 fully saturated rings. The Morgan fingerprint density at radius 2 is 0.929 bits per heavy atom. The summed E-state index contributed by atoms with van der Waals surface area (Å²) in [4.78, 5) is 0. The van der Waals surface area contributed by atoms with Crippen LogP contribution in [0.2, 0.25) is 0 Å². The van der Waals surface area contributed by atoms with Crippen molar-refractivity contribution in [3.05, 3.63) is 66.0 Å². The Morgan fingerprint density at radius 1 is 0.571 bits per heavy atom. The molecule has 0 N–H and O–H groups in total. The summed E-state index contributed by atoms with van der Waals surface area (Å²) in [5, 5.41) is 4.44. The number of nitrogens with zero attached hydrogens (tertiary/aromatic N) is 1. The molecule has 0 radical (unpaired) electrons. The summed E-state index contributed by atoms with van der Waals surface area (Å²) >= 11 is 0. The Labute approximate surface area is 103 Å². The third-order valence-corrected chi connectivity index (χ3v) is 1.77. The Kier molecular flexibility index (Phi) is 4.60. The zero-order valence-corrected chi connectivity index (χ0v) is 11.3. The van der Waals surface area contributed by atoms with Gasteiger partial charge in [0, 0.05) is 25.8 Å². The van der Waals surface area contributed by atoms with E-state index in [9.17, 15) is 0 Å². The van der Waals surface area contributed by atoms with Crippen molar-refractivity contribution in [1.82, 2.24) is 0 Å². The molecule has 0 aliphatic carbocycles. The summed E-state index contributed by atoms with van der Waals surface area (Å²) in [6, 6.07) is 19.9. The Balaban J connectivity index is 0.000000980. The molecule has 0 aliphatic heterocycles. The molecular formula is C12H10HfN-. The number of hydrogen-bond donors (Lipinski definition) is 0. The van der Waals surface area contributed by atoms with Crippen LogP contribution < -0.4 is 0 Å². The van der Waals surface area contributed by atoms with Crippen LogP contribution in [0.25, 0.3) is 5.32 Å². The molecule has 0 unspecified atom stereocenters. The first-order valence-electron chi connectivity index (χ1n) is 4.27. The first-order valence-corrected chi connectivity index (χ1v) is 4.27. The molecule has 0 amide bonds. The zero-order chi connectivity index (χ0) is 8.93. The summed E-state index contributed by atoms with van der Waals surface area (Å²) in [6.07, 6.45) is 0. The normalized spacial score (nSPS) is 8.86. The first-order chi connectivity index (χ1) is 6.45. The van der Waals surface area contributed by atoms with Crippen LogP contribution in [0.15, 0.2) is 60.7 Å². The average molecular weight is 347 g/mol. The summed E-state index contributed by atoms with van der Waals surface area (Å²) < 4.78 is 0. The van der Waals surface area contributed by atoms with Gasteiger partial charge in [0.15, 0.2) is 0 Å². The second kappa shape index (κ2) is 5.76. The van der Waals surface area contributed by atoms with Crippen molar-refractivity contribution >= 4 is 11.4 Å². The maximum Gasteiger partial charge on any atom is 0 e. The van der Waals surface area contributed by atoms with Gasteiger partial charge in [-0.2, -0.15) is 0 Å². The number of hydrogen-bond acceptors (Lipinski definition) is 0. The van der Waals surface area contributed by atoms with Gasteiger partial charge in [0.25, 0.3) is 0 Å². The van der Waals surface area contributed by atoms with Crippen LogP contribution in [0.1, 0.15) is 0 Å². The average Bonchev–Trinajstić information content (AvgIpc) is 2.21. The van der Waals surface area contributed by atoms with Gasteiger partial charge in [-0.3, -0.25) is 0 Å². The smallest absolute Gasteiger partial charge is 0 e. The van der Waals surface area contributed by atoms with E-state index in [-0.39, 0.29) is 25.8 Å². The van der Waals surface area contributed by atoms with Crippen molar-refractivity contribution in [2.24, 2.45) is 0 Å². The van der Waals surface area contributed by atoms with E-state index in [4.69, 9.17) is 0 Å². The minimum atomic E-state index is 0. The molecule has 68 valence electrons. The molecule has 2 heteroatoms. The minimum absolute atomic E-state index is 0. The van der Waals surface area contributed by atoms with Crippen LogP contribution in [0.4, 0.5) is 11.4 Å². The molecule has 0 bridgehead atoms. The minimum Gasteiger partial charge on any atom is -0.658 e. The molecule has 2 aromatic rings. The van der Waals surface area contributed by atoms with Crippen LogP contribution in [-0.2, 0) is 25.8 Å². The van der Waals surface area contributed by atoms with Gasteiger partial charge in [-0.25, -0.2) is 0 Å². The molecule has 0 saturated heterocycles. The van der Waals surface area contributed by atoms with Crippen LogP contribution >= 0.6 is 0 Å². The van der Waals surface area contributed by atoms with Crippen LogP contribution in [0, 0.1) is 0 Å². The molecule has 0 spiro atoms. The summed E-state index contributed by atoms with van der Waals surface area (Å²) in [6.45, 7) is 0. The number of rotatable bonds is 2. The van der Waals surface area contributed by atoms with Gasteiger partial charge in [-0.1, -0.05) is 60.7 Å². The fourth-order valence-corrected chi connectivity index (χ4v) is 1.15. The number of para-hydroxylation sites is 2. The molecule has 0 saturated carbocycles. The van der Waals surface area contributed by atoms with E-state index < -0.39 is 0 Å². The van der Waals surface area contributed by atoms with Crippen molar-refractivity contribution in [2.45, 2.75) is 0 Å². The molecule has 0 atom stereocenters. The maximum absolute atomic E-state index is 4.44. The standard InChI is InChI=1S/C12H10N.Hf/c1-3-7-11(8-4-1)13-12-9-5-2-6-10-12;/h1-10H;/q-1;. The molecule has 2 aromatic carbocycles. The fourth-order valence-electron chi connectivity index (χ4n) is 1.15. The van der Waals surface area contributed by atoms with E-state index in [1.54, 1.807) is 0 Å². The first kappa shape index (κ1) is 11.2. The van der Waals surface area contributed by atoms with Crippen LogP contribution in [0.5, 0.6) is 0 Å². The van der Waals surface area contributed by atoms with Gasteiger partial charge in [0.1, 0.15) is 0 Å². The molecule has 14 heavy (non-hydrogen) atoms. The molecule has 2 rings (SSSR count). The monoisotopic (exact) mass is 348 g/mol. The third-order valence-electron chi connectivity index (χ3n) is 1.77.